The first-order valence-electron chi connectivity index (χ1n) is 9.65. The lowest BCUT2D eigenvalue weighted by molar-refractivity contribution is 0.240. The highest BCUT2D eigenvalue weighted by atomic mass is 32.2. The quantitative estimate of drug-likeness (QED) is 0.721. The fraction of sp³-hybridized carbons (Fsp3) is 0.364. The monoisotopic (exact) mass is 398 g/mol. The van der Waals surface area contributed by atoms with Gasteiger partial charge in [-0.05, 0) is 48.7 Å². The van der Waals surface area contributed by atoms with E-state index in [0.717, 1.165) is 22.6 Å². The lowest BCUT2D eigenvalue weighted by Crippen LogP contribution is -2.43. The third-order valence-corrected chi connectivity index (χ3v) is 7.16. The van der Waals surface area contributed by atoms with Crippen molar-refractivity contribution in [2.45, 2.75) is 35.9 Å². The molecule has 5 unspecified atom stereocenters. The van der Waals surface area contributed by atoms with Gasteiger partial charge in [0.2, 0.25) is 0 Å². The normalized spacial score (nSPS) is 31.3. The molecule has 0 amide bonds. The van der Waals surface area contributed by atoms with E-state index in [4.69, 9.17) is 10.3 Å². The van der Waals surface area contributed by atoms with Crippen LogP contribution in [-0.4, -0.2) is 43.0 Å². The number of likely N-dealkylation sites (N-methyl/N-ethyl adjacent to an activating group) is 1. The summed E-state index contributed by atoms with van der Waals surface area (Å²) in [6.45, 7) is 0. The van der Waals surface area contributed by atoms with Crippen molar-refractivity contribution in [2.24, 2.45) is 17.6 Å². The number of benzene rings is 2. The Labute approximate surface area is 166 Å². The van der Waals surface area contributed by atoms with E-state index < -0.39 is 10.1 Å². The Hall–Kier alpha value is -1.99. The van der Waals surface area contributed by atoms with Crippen LogP contribution in [0.1, 0.15) is 12.8 Å². The van der Waals surface area contributed by atoms with Crippen molar-refractivity contribution < 1.29 is 13.0 Å². The number of hydrogen-bond donors (Lipinski definition) is 2. The molecule has 0 radical (unpaired) electrons. The van der Waals surface area contributed by atoms with Crippen molar-refractivity contribution >= 4 is 20.9 Å². The molecule has 2 aliphatic carbocycles. The van der Waals surface area contributed by atoms with Crippen LogP contribution in [0.25, 0.3) is 10.8 Å². The van der Waals surface area contributed by atoms with Crippen molar-refractivity contribution in [2.75, 3.05) is 7.05 Å². The summed E-state index contributed by atoms with van der Waals surface area (Å²) in [6, 6.07) is 13.5. The maximum absolute atomic E-state index is 10.8. The molecular formula is C22H26N2O3S. The Kier molecular flexibility index (Phi) is 5.14. The van der Waals surface area contributed by atoms with E-state index in [1.165, 1.54) is 25.0 Å². The lowest BCUT2D eigenvalue weighted by atomic mass is 9.86. The van der Waals surface area contributed by atoms with Gasteiger partial charge in [-0.15, -0.1) is 0 Å². The molecule has 1 aliphatic heterocycles. The molecule has 2 aromatic carbocycles. The molecule has 148 valence electrons. The van der Waals surface area contributed by atoms with Gasteiger partial charge in [-0.1, -0.05) is 54.6 Å². The minimum atomic E-state index is -4.09. The molecule has 1 saturated carbocycles. The van der Waals surface area contributed by atoms with Gasteiger partial charge in [-0.25, -0.2) is 0 Å². The Morgan fingerprint density at radius 1 is 1.04 bits per heavy atom. The van der Waals surface area contributed by atoms with Crippen LogP contribution in [0.15, 0.2) is 71.7 Å². The smallest absolute Gasteiger partial charge is 0.294 e. The summed E-state index contributed by atoms with van der Waals surface area (Å²) in [4.78, 5) is 2.42. The lowest BCUT2D eigenvalue weighted by Gasteiger charge is -2.27. The fourth-order valence-corrected chi connectivity index (χ4v) is 5.53. The zero-order chi connectivity index (χ0) is 19.9. The summed E-state index contributed by atoms with van der Waals surface area (Å²) in [6.07, 6.45) is 11.6. The van der Waals surface area contributed by atoms with Crippen LogP contribution in [0, 0.1) is 11.8 Å². The molecule has 5 rings (SSSR count). The van der Waals surface area contributed by atoms with Gasteiger partial charge in [0.1, 0.15) is 0 Å². The average Bonchev–Trinajstić information content (AvgIpc) is 3.21. The molecule has 5 nitrogen and oxygen atoms in total. The molecule has 3 aliphatic rings. The molecule has 0 aromatic heterocycles. The van der Waals surface area contributed by atoms with E-state index in [0.29, 0.717) is 18.1 Å². The second-order valence-corrected chi connectivity index (χ2v) is 9.30. The van der Waals surface area contributed by atoms with Gasteiger partial charge < -0.3 is 5.73 Å². The van der Waals surface area contributed by atoms with Crippen molar-refractivity contribution in [1.29, 1.82) is 0 Å². The Morgan fingerprint density at radius 2 is 1.75 bits per heavy atom. The van der Waals surface area contributed by atoms with E-state index in [1.807, 2.05) is 18.2 Å². The predicted octanol–water partition coefficient (Wildman–Crippen LogP) is 3.24. The topological polar surface area (TPSA) is 83.6 Å². The van der Waals surface area contributed by atoms with Crippen LogP contribution in [0.4, 0.5) is 0 Å². The van der Waals surface area contributed by atoms with Crippen LogP contribution in [0.3, 0.4) is 0 Å². The van der Waals surface area contributed by atoms with Crippen LogP contribution in [-0.2, 0) is 10.1 Å². The molecule has 5 atom stereocenters. The Balaban J connectivity index is 0.000000137. The summed E-state index contributed by atoms with van der Waals surface area (Å²) < 4.78 is 30.5. The largest absolute Gasteiger partial charge is 0.326 e. The number of likely N-dealkylation sites (tertiary alicyclic amines) is 1. The third-order valence-electron chi connectivity index (χ3n) is 6.31. The molecule has 2 aromatic rings. The van der Waals surface area contributed by atoms with Gasteiger partial charge in [-0.2, -0.15) is 8.42 Å². The summed E-state index contributed by atoms with van der Waals surface area (Å²) in [5.41, 5.74) is 6.17. The second kappa shape index (κ2) is 7.44. The molecule has 1 heterocycles. The van der Waals surface area contributed by atoms with Crippen LogP contribution in [0.2, 0.25) is 0 Å². The first-order valence-corrected chi connectivity index (χ1v) is 11.1. The number of hydrogen-bond acceptors (Lipinski definition) is 4. The number of nitrogens with zero attached hydrogens (tertiary/aromatic N) is 1. The van der Waals surface area contributed by atoms with E-state index in [2.05, 4.69) is 36.3 Å². The van der Waals surface area contributed by atoms with Crippen molar-refractivity contribution in [3.63, 3.8) is 0 Å². The van der Waals surface area contributed by atoms with Gasteiger partial charge in [0.05, 0.1) is 4.90 Å². The molecule has 28 heavy (non-hydrogen) atoms. The highest BCUT2D eigenvalue weighted by molar-refractivity contribution is 7.85. The second-order valence-electron chi connectivity index (χ2n) is 7.88. The van der Waals surface area contributed by atoms with Crippen molar-refractivity contribution in [1.82, 2.24) is 4.90 Å². The summed E-state index contributed by atoms with van der Waals surface area (Å²) in [5, 5.41) is 1.74. The van der Waals surface area contributed by atoms with E-state index in [9.17, 15) is 8.42 Å². The third kappa shape index (κ3) is 3.53. The van der Waals surface area contributed by atoms with Gasteiger partial charge in [0, 0.05) is 24.0 Å². The van der Waals surface area contributed by atoms with Gasteiger partial charge >= 0.3 is 0 Å². The zero-order valence-corrected chi connectivity index (χ0v) is 16.7. The van der Waals surface area contributed by atoms with Crippen LogP contribution < -0.4 is 5.73 Å². The Morgan fingerprint density at radius 3 is 2.50 bits per heavy atom. The van der Waals surface area contributed by atoms with E-state index in [-0.39, 0.29) is 4.90 Å². The van der Waals surface area contributed by atoms with Crippen LogP contribution >= 0.6 is 0 Å². The fourth-order valence-electron chi connectivity index (χ4n) is 5.01. The first-order chi connectivity index (χ1) is 13.4. The zero-order valence-electron chi connectivity index (χ0n) is 15.8. The number of rotatable bonds is 1. The molecule has 1 saturated heterocycles. The summed E-state index contributed by atoms with van der Waals surface area (Å²) in [7, 11) is -1.86. The number of fused-ring (bicyclic) bond motifs is 4. The average molecular weight is 399 g/mol. The molecular weight excluding hydrogens is 372 g/mol. The SMILES string of the molecule is CN1C2C=CC=CC2C2CCC(N)C21.O=S(=O)(O)c1ccc2ccccc2c1. The van der Waals surface area contributed by atoms with Crippen molar-refractivity contribution in [3.05, 3.63) is 66.8 Å². The van der Waals surface area contributed by atoms with E-state index >= 15 is 0 Å². The van der Waals surface area contributed by atoms with Gasteiger partial charge in [-0.3, -0.25) is 9.45 Å². The van der Waals surface area contributed by atoms with Crippen LogP contribution in [0.5, 0.6) is 0 Å². The predicted molar refractivity (Wildman–Crippen MR) is 112 cm³/mol. The summed E-state index contributed by atoms with van der Waals surface area (Å²) >= 11 is 0. The molecule has 0 spiro atoms. The van der Waals surface area contributed by atoms with Gasteiger partial charge in [0.25, 0.3) is 10.1 Å². The molecule has 3 N–H and O–H groups in total. The minimum Gasteiger partial charge on any atom is -0.326 e. The highest BCUT2D eigenvalue weighted by Gasteiger charge is 2.50. The Bertz CT molecular complexity index is 1030. The maximum atomic E-state index is 10.8. The molecule has 2 fully saturated rings. The number of allylic oxidation sites excluding steroid dienone is 2. The van der Waals surface area contributed by atoms with E-state index in [1.54, 1.807) is 12.1 Å². The maximum Gasteiger partial charge on any atom is 0.294 e. The standard InChI is InChI=1S/C12H18N2.C10H8O3S/c1-14-11-5-3-2-4-8(11)9-6-7-10(13)12(9)14;11-14(12,13)10-6-5-8-3-1-2-4-9(8)7-10/h2-5,8-12H,6-7,13H2,1H3;1-7H,(H,11,12,13). The van der Waals surface area contributed by atoms with Gasteiger partial charge in [0.15, 0.2) is 0 Å². The first kappa shape index (κ1) is 19.3. The highest BCUT2D eigenvalue weighted by Crippen LogP contribution is 2.45. The van der Waals surface area contributed by atoms with Crippen molar-refractivity contribution in [3.8, 4) is 0 Å². The minimum absolute atomic E-state index is 0.0730. The molecule has 0 bridgehead atoms. The molecule has 6 heteroatoms. The number of nitrogens with two attached hydrogens (primary N) is 1. The summed E-state index contributed by atoms with van der Waals surface area (Å²) in [5.74, 6) is 1.53.